The van der Waals surface area contributed by atoms with Crippen molar-refractivity contribution in [2.45, 2.75) is 26.3 Å². The summed E-state index contributed by atoms with van der Waals surface area (Å²) in [5, 5.41) is 7.56. The third-order valence-corrected chi connectivity index (χ3v) is 4.63. The van der Waals surface area contributed by atoms with E-state index >= 15 is 0 Å². The second-order valence-electron chi connectivity index (χ2n) is 5.29. The van der Waals surface area contributed by atoms with Gasteiger partial charge in [-0.05, 0) is 36.4 Å². The molecule has 0 bridgehead atoms. The quantitative estimate of drug-likeness (QED) is 0.785. The van der Waals surface area contributed by atoms with Crippen molar-refractivity contribution >= 4 is 40.4 Å². The van der Waals surface area contributed by atoms with Crippen LogP contribution in [-0.4, -0.2) is 23.7 Å². The van der Waals surface area contributed by atoms with Crippen molar-refractivity contribution in [1.82, 2.24) is 5.32 Å². The summed E-state index contributed by atoms with van der Waals surface area (Å²) in [5.41, 5.74) is 2.75. The van der Waals surface area contributed by atoms with Gasteiger partial charge in [-0.25, -0.2) is 0 Å². The van der Waals surface area contributed by atoms with Crippen molar-refractivity contribution in [2.75, 3.05) is 11.2 Å². The van der Waals surface area contributed by atoms with Crippen LogP contribution in [0, 0.1) is 13.8 Å². The van der Waals surface area contributed by atoms with Gasteiger partial charge in [0.1, 0.15) is 11.9 Å². The zero-order chi connectivity index (χ0) is 16.8. The third kappa shape index (κ3) is 4.81. The van der Waals surface area contributed by atoms with Crippen molar-refractivity contribution in [3.8, 4) is 0 Å². The van der Waals surface area contributed by atoms with Crippen molar-refractivity contribution in [2.24, 2.45) is 0 Å². The minimum atomic E-state index is -0.654. The van der Waals surface area contributed by atoms with Crippen molar-refractivity contribution in [3.05, 3.63) is 51.7 Å². The van der Waals surface area contributed by atoms with E-state index in [4.69, 9.17) is 11.6 Å². The van der Waals surface area contributed by atoms with E-state index in [0.29, 0.717) is 6.42 Å². The van der Waals surface area contributed by atoms with E-state index in [-0.39, 0.29) is 17.7 Å². The van der Waals surface area contributed by atoms with E-state index in [2.05, 4.69) is 10.6 Å². The summed E-state index contributed by atoms with van der Waals surface area (Å²) >= 11 is 7.10. The number of amides is 2. The van der Waals surface area contributed by atoms with E-state index in [1.807, 2.05) is 49.6 Å². The molecule has 122 valence electrons. The van der Waals surface area contributed by atoms with E-state index in [0.717, 1.165) is 21.7 Å². The molecule has 2 amide bonds. The maximum Gasteiger partial charge on any atom is 0.247 e. The molecule has 2 aromatic rings. The molecule has 0 aliphatic heterocycles. The number of carbonyl (C=O) groups is 2. The number of aryl methyl sites for hydroxylation is 2. The molecule has 4 nitrogen and oxygen atoms in total. The lowest BCUT2D eigenvalue weighted by atomic mass is 10.1. The van der Waals surface area contributed by atoms with Gasteiger partial charge < -0.3 is 10.6 Å². The number of thiophene rings is 1. The molecule has 1 atom stereocenters. The average molecular weight is 351 g/mol. The van der Waals surface area contributed by atoms with Gasteiger partial charge in [0.2, 0.25) is 11.8 Å². The highest BCUT2D eigenvalue weighted by atomic mass is 35.5. The molecule has 0 aliphatic rings. The lowest BCUT2D eigenvalue weighted by Crippen LogP contribution is -2.45. The molecule has 0 spiro atoms. The Hall–Kier alpha value is -1.85. The fourth-order valence-corrected chi connectivity index (χ4v) is 3.12. The first-order valence-electron chi connectivity index (χ1n) is 7.26. The minimum Gasteiger partial charge on any atom is -0.343 e. The first-order valence-corrected chi connectivity index (χ1v) is 8.67. The Bertz CT molecular complexity index is 666. The summed E-state index contributed by atoms with van der Waals surface area (Å²) < 4.78 is 0. The van der Waals surface area contributed by atoms with Gasteiger partial charge in [-0.15, -0.1) is 22.9 Å². The summed E-state index contributed by atoms with van der Waals surface area (Å²) in [6.07, 6.45) is 0.442. The largest absolute Gasteiger partial charge is 0.343 e. The van der Waals surface area contributed by atoms with Gasteiger partial charge in [0.25, 0.3) is 0 Å². The van der Waals surface area contributed by atoms with Gasteiger partial charge in [0, 0.05) is 17.0 Å². The number of hydrogen-bond acceptors (Lipinski definition) is 3. The van der Waals surface area contributed by atoms with Crippen LogP contribution in [0.1, 0.15) is 16.0 Å². The molecule has 0 aliphatic carbocycles. The Morgan fingerprint density at radius 2 is 1.87 bits per heavy atom. The van der Waals surface area contributed by atoms with Gasteiger partial charge in [-0.2, -0.15) is 0 Å². The molecule has 2 N–H and O–H groups in total. The van der Waals surface area contributed by atoms with Crippen LogP contribution >= 0.6 is 22.9 Å². The van der Waals surface area contributed by atoms with Crippen LogP contribution < -0.4 is 10.6 Å². The Morgan fingerprint density at radius 1 is 1.17 bits per heavy atom. The van der Waals surface area contributed by atoms with Crippen LogP contribution in [0.3, 0.4) is 0 Å². The molecule has 0 saturated carbocycles. The monoisotopic (exact) mass is 350 g/mol. The highest BCUT2D eigenvalue weighted by Crippen LogP contribution is 2.20. The Morgan fingerprint density at radius 3 is 2.43 bits per heavy atom. The lowest BCUT2D eigenvalue weighted by Gasteiger charge is -2.19. The summed E-state index contributed by atoms with van der Waals surface area (Å²) in [5.74, 6) is -0.767. The lowest BCUT2D eigenvalue weighted by molar-refractivity contribution is -0.125. The number of hydrogen-bond donors (Lipinski definition) is 2. The molecular formula is C17H19ClN2O2S. The highest BCUT2D eigenvalue weighted by molar-refractivity contribution is 7.09. The molecule has 1 aromatic carbocycles. The molecule has 2 rings (SSSR count). The number of halogens is 1. The SMILES string of the molecule is Cc1cccc(C)c1NC(=O)C(Cc1cccs1)NC(=O)CCl. The first kappa shape index (κ1) is 17.5. The van der Waals surface area contributed by atoms with Crippen LogP contribution in [0.25, 0.3) is 0 Å². The smallest absolute Gasteiger partial charge is 0.247 e. The van der Waals surface area contributed by atoms with E-state index < -0.39 is 6.04 Å². The molecule has 1 heterocycles. The predicted molar refractivity (Wildman–Crippen MR) is 95.2 cm³/mol. The number of rotatable bonds is 6. The topological polar surface area (TPSA) is 58.2 Å². The Labute approximate surface area is 144 Å². The summed E-state index contributed by atoms with van der Waals surface area (Å²) in [6, 6.07) is 9.03. The van der Waals surface area contributed by atoms with Crippen molar-refractivity contribution < 1.29 is 9.59 Å². The molecule has 0 fully saturated rings. The number of carbonyl (C=O) groups excluding carboxylic acids is 2. The van der Waals surface area contributed by atoms with Crippen molar-refractivity contribution in [3.63, 3.8) is 0 Å². The number of nitrogens with one attached hydrogen (secondary N) is 2. The average Bonchev–Trinajstić information content (AvgIpc) is 3.03. The molecule has 1 unspecified atom stereocenters. The van der Waals surface area contributed by atoms with E-state index in [9.17, 15) is 9.59 Å². The molecule has 23 heavy (non-hydrogen) atoms. The van der Waals surface area contributed by atoms with Crippen LogP contribution in [0.4, 0.5) is 5.69 Å². The van der Waals surface area contributed by atoms with Gasteiger partial charge in [0.05, 0.1) is 0 Å². The van der Waals surface area contributed by atoms with Crippen LogP contribution in [0.2, 0.25) is 0 Å². The van der Waals surface area contributed by atoms with E-state index in [1.54, 1.807) is 11.3 Å². The van der Waals surface area contributed by atoms with Crippen LogP contribution in [0.15, 0.2) is 35.7 Å². The maximum absolute atomic E-state index is 12.6. The minimum absolute atomic E-state index is 0.169. The fourth-order valence-electron chi connectivity index (χ4n) is 2.29. The number of para-hydroxylation sites is 1. The van der Waals surface area contributed by atoms with Gasteiger partial charge in [-0.1, -0.05) is 24.3 Å². The predicted octanol–water partition coefficient (Wildman–Crippen LogP) is 3.27. The zero-order valence-corrected chi connectivity index (χ0v) is 14.6. The molecule has 0 radical (unpaired) electrons. The van der Waals surface area contributed by atoms with Crippen molar-refractivity contribution in [1.29, 1.82) is 0 Å². The molecular weight excluding hydrogens is 332 g/mol. The number of alkyl halides is 1. The number of benzene rings is 1. The molecule has 0 saturated heterocycles. The first-order chi connectivity index (χ1) is 11.0. The molecule has 6 heteroatoms. The summed E-state index contributed by atoms with van der Waals surface area (Å²) in [7, 11) is 0. The number of anilines is 1. The highest BCUT2D eigenvalue weighted by Gasteiger charge is 2.22. The van der Waals surface area contributed by atoms with Crippen LogP contribution in [0.5, 0.6) is 0 Å². The fraction of sp³-hybridized carbons (Fsp3) is 0.294. The zero-order valence-electron chi connectivity index (χ0n) is 13.1. The molecule has 1 aromatic heterocycles. The third-order valence-electron chi connectivity index (χ3n) is 3.49. The standard InChI is InChI=1S/C17H19ClN2O2S/c1-11-5-3-6-12(2)16(11)20-17(22)14(19-15(21)10-18)9-13-7-4-8-23-13/h3-8,14H,9-10H2,1-2H3,(H,19,21)(H,20,22). The normalized spacial score (nSPS) is 11.8. The Balaban J connectivity index is 2.16. The second-order valence-corrected chi connectivity index (χ2v) is 6.59. The maximum atomic E-state index is 12.6. The van der Waals surface area contributed by atoms with Gasteiger partial charge in [0.15, 0.2) is 0 Å². The van der Waals surface area contributed by atoms with Gasteiger partial charge in [-0.3, -0.25) is 9.59 Å². The Kier molecular flexibility index (Phi) is 6.19. The van der Waals surface area contributed by atoms with Crippen LogP contribution in [-0.2, 0) is 16.0 Å². The summed E-state index contributed by atoms with van der Waals surface area (Å²) in [6.45, 7) is 3.88. The summed E-state index contributed by atoms with van der Waals surface area (Å²) in [4.78, 5) is 25.3. The van der Waals surface area contributed by atoms with Gasteiger partial charge >= 0.3 is 0 Å². The van der Waals surface area contributed by atoms with E-state index in [1.165, 1.54) is 0 Å². The second kappa shape index (κ2) is 8.13.